The maximum atomic E-state index is 13.6. The number of ether oxygens (including phenoxy) is 1. The van der Waals surface area contributed by atoms with Crippen LogP contribution in [0, 0.1) is 5.82 Å². The Labute approximate surface area is 172 Å². The van der Waals surface area contributed by atoms with Crippen molar-refractivity contribution in [2.45, 2.75) is 6.54 Å². The molecule has 0 radical (unpaired) electrons. The van der Waals surface area contributed by atoms with Crippen molar-refractivity contribution in [3.63, 3.8) is 0 Å². The summed E-state index contributed by atoms with van der Waals surface area (Å²) in [5.41, 5.74) is 1.60. The molecule has 3 aromatic rings. The average Bonchev–Trinajstić information content (AvgIpc) is 3.13. The quantitative estimate of drug-likeness (QED) is 0.549. The molecular weight excluding hydrogens is 397 g/mol. The zero-order valence-electron chi connectivity index (χ0n) is 15.4. The van der Waals surface area contributed by atoms with Crippen molar-refractivity contribution in [3.8, 4) is 5.75 Å². The smallest absolute Gasteiger partial charge is 0.249 e. The van der Waals surface area contributed by atoms with Crippen molar-refractivity contribution in [2.24, 2.45) is 0 Å². The van der Waals surface area contributed by atoms with Crippen LogP contribution in [-0.2, 0) is 11.3 Å². The Balaban J connectivity index is 1.59. The second kappa shape index (κ2) is 9.86. The summed E-state index contributed by atoms with van der Waals surface area (Å²) in [5.74, 6) is -0.487. The molecular formula is C21H19ClFN3O3. The summed E-state index contributed by atoms with van der Waals surface area (Å²) in [5, 5.41) is 12.1. The largest absolute Gasteiger partial charge is 0.488 e. The topological polar surface area (TPSA) is 76.4 Å². The van der Waals surface area contributed by atoms with Crippen molar-refractivity contribution in [1.29, 1.82) is 0 Å². The molecule has 2 N–H and O–H groups in total. The van der Waals surface area contributed by atoms with Gasteiger partial charge in [-0.25, -0.2) is 9.37 Å². The molecule has 2 aromatic carbocycles. The minimum absolute atomic E-state index is 0.0115. The first-order chi connectivity index (χ1) is 14.0. The highest BCUT2D eigenvalue weighted by atomic mass is 35.5. The van der Waals surface area contributed by atoms with Gasteiger partial charge in [-0.1, -0.05) is 29.8 Å². The fraction of sp³-hybridized carbons (Fsp3) is 0.143. The molecule has 150 valence electrons. The highest BCUT2D eigenvalue weighted by molar-refractivity contribution is 6.30. The van der Waals surface area contributed by atoms with Gasteiger partial charge in [0.1, 0.15) is 6.61 Å². The van der Waals surface area contributed by atoms with Crippen molar-refractivity contribution in [1.82, 2.24) is 9.55 Å². The lowest BCUT2D eigenvalue weighted by molar-refractivity contribution is -0.111. The summed E-state index contributed by atoms with van der Waals surface area (Å²) in [7, 11) is 0. The van der Waals surface area contributed by atoms with Gasteiger partial charge in [-0.05, 0) is 41.5 Å². The lowest BCUT2D eigenvalue weighted by atomic mass is 10.2. The van der Waals surface area contributed by atoms with E-state index in [0.717, 1.165) is 5.56 Å². The Kier molecular flexibility index (Phi) is 6.99. The third kappa shape index (κ3) is 6.17. The fourth-order valence-corrected chi connectivity index (χ4v) is 2.80. The van der Waals surface area contributed by atoms with Gasteiger partial charge in [0.05, 0.1) is 12.9 Å². The van der Waals surface area contributed by atoms with Gasteiger partial charge in [-0.3, -0.25) is 4.79 Å². The Morgan fingerprint density at radius 2 is 2.17 bits per heavy atom. The molecule has 1 heterocycles. The van der Waals surface area contributed by atoms with Crippen LogP contribution < -0.4 is 10.1 Å². The number of aromatic nitrogens is 2. The number of anilines is 1. The number of imidazole rings is 1. The number of aliphatic hydroxyl groups excluding tert-OH is 1. The third-order valence-electron chi connectivity index (χ3n) is 3.87. The summed E-state index contributed by atoms with van der Waals surface area (Å²) in [4.78, 5) is 16.3. The number of nitrogens with one attached hydrogen (secondary N) is 1. The van der Waals surface area contributed by atoms with E-state index in [1.54, 1.807) is 18.6 Å². The predicted octanol–water partition coefficient (Wildman–Crippen LogP) is 3.75. The molecule has 6 nitrogen and oxygen atoms in total. The van der Waals surface area contributed by atoms with Gasteiger partial charge in [-0.15, -0.1) is 0 Å². The number of rotatable bonds is 8. The molecule has 0 saturated heterocycles. The number of carbonyl (C=O) groups excluding carboxylic acids is 1. The molecule has 0 unspecified atom stereocenters. The lowest BCUT2D eigenvalue weighted by Crippen LogP contribution is -2.08. The van der Waals surface area contributed by atoms with Crippen LogP contribution in [0.25, 0.3) is 6.08 Å². The van der Waals surface area contributed by atoms with Crippen LogP contribution in [0.4, 0.5) is 10.2 Å². The Bertz CT molecular complexity index is 1020. The molecule has 1 aromatic heterocycles. The van der Waals surface area contributed by atoms with E-state index in [1.165, 1.54) is 30.4 Å². The number of hydrogen-bond donors (Lipinski definition) is 2. The van der Waals surface area contributed by atoms with E-state index >= 15 is 0 Å². The number of hydrogen-bond acceptors (Lipinski definition) is 4. The molecule has 8 heteroatoms. The van der Waals surface area contributed by atoms with Gasteiger partial charge in [0.15, 0.2) is 17.4 Å². The summed E-state index contributed by atoms with van der Waals surface area (Å²) >= 11 is 5.98. The number of aliphatic hydroxyl groups is 1. The first-order valence-corrected chi connectivity index (χ1v) is 9.20. The van der Waals surface area contributed by atoms with E-state index in [1.807, 2.05) is 22.8 Å². The Hall–Kier alpha value is -3.16. The summed E-state index contributed by atoms with van der Waals surface area (Å²) in [6.45, 7) is 0.347. The maximum absolute atomic E-state index is 13.6. The lowest BCUT2D eigenvalue weighted by Gasteiger charge is -2.06. The molecule has 29 heavy (non-hydrogen) atoms. The second-order valence-electron chi connectivity index (χ2n) is 6.15. The molecule has 0 bridgehead atoms. The zero-order chi connectivity index (χ0) is 20.6. The maximum Gasteiger partial charge on any atom is 0.249 e. The van der Waals surface area contributed by atoms with Crippen LogP contribution in [-0.4, -0.2) is 33.8 Å². The van der Waals surface area contributed by atoms with Crippen LogP contribution in [0.3, 0.4) is 0 Å². The SMILES string of the molecule is O=C(/C=C/c1ccc(F)c(OCCO)c1)Nc1cn(Cc2cccc(Cl)c2)cn1. The molecule has 0 fully saturated rings. The molecule has 0 aliphatic rings. The van der Waals surface area contributed by atoms with E-state index in [0.29, 0.717) is 22.9 Å². The Morgan fingerprint density at radius 3 is 2.97 bits per heavy atom. The Morgan fingerprint density at radius 1 is 1.31 bits per heavy atom. The summed E-state index contributed by atoms with van der Waals surface area (Å²) in [6.07, 6.45) is 6.18. The van der Waals surface area contributed by atoms with Crippen LogP contribution >= 0.6 is 11.6 Å². The van der Waals surface area contributed by atoms with Crippen LogP contribution in [0.15, 0.2) is 61.1 Å². The number of nitrogens with zero attached hydrogens (tertiary/aromatic N) is 2. The van der Waals surface area contributed by atoms with Crippen molar-refractivity contribution >= 4 is 29.4 Å². The molecule has 3 rings (SSSR count). The first kappa shape index (κ1) is 20.6. The van der Waals surface area contributed by atoms with E-state index < -0.39 is 5.82 Å². The highest BCUT2D eigenvalue weighted by Crippen LogP contribution is 2.19. The first-order valence-electron chi connectivity index (χ1n) is 8.82. The minimum atomic E-state index is -0.537. The standard InChI is InChI=1S/C21H19ClFN3O3/c22-17-3-1-2-16(10-17)12-26-13-20(24-14-26)25-21(28)7-5-15-4-6-18(23)19(11-15)29-9-8-27/h1-7,10-11,13-14,27H,8-9,12H2,(H,25,28)/b7-5+. The van der Waals surface area contributed by atoms with Crippen molar-refractivity contribution in [3.05, 3.63) is 83.0 Å². The molecule has 0 aliphatic heterocycles. The van der Waals surface area contributed by atoms with Gasteiger partial charge in [0, 0.05) is 23.8 Å². The number of amides is 1. The van der Waals surface area contributed by atoms with Gasteiger partial charge >= 0.3 is 0 Å². The van der Waals surface area contributed by atoms with Crippen LogP contribution in [0.5, 0.6) is 5.75 Å². The van der Waals surface area contributed by atoms with Crippen molar-refractivity contribution < 1.29 is 19.0 Å². The monoisotopic (exact) mass is 415 g/mol. The number of benzene rings is 2. The van der Waals surface area contributed by atoms with E-state index in [9.17, 15) is 9.18 Å². The fourth-order valence-electron chi connectivity index (χ4n) is 2.59. The number of carbonyl (C=O) groups is 1. The average molecular weight is 416 g/mol. The van der Waals surface area contributed by atoms with Gasteiger partial charge < -0.3 is 19.7 Å². The van der Waals surface area contributed by atoms with E-state index in [-0.39, 0.29) is 24.9 Å². The molecule has 0 atom stereocenters. The highest BCUT2D eigenvalue weighted by Gasteiger charge is 2.05. The zero-order valence-corrected chi connectivity index (χ0v) is 16.1. The van der Waals surface area contributed by atoms with Crippen LogP contribution in [0.1, 0.15) is 11.1 Å². The minimum Gasteiger partial charge on any atom is -0.488 e. The molecule has 1 amide bonds. The predicted molar refractivity (Wildman–Crippen MR) is 109 cm³/mol. The third-order valence-corrected chi connectivity index (χ3v) is 4.11. The summed E-state index contributed by atoms with van der Waals surface area (Å²) < 4.78 is 20.6. The molecule has 0 spiro atoms. The van der Waals surface area contributed by atoms with E-state index in [4.69, 9.17) is 21.4 Å². The van der Waals surface area contributed by atoms with Crippen LogP contribution in [0.2, 0.25) is 5.02 Å². The summed E-state index contributed by atoms with van der Waals surface area (Å²) in [6, 6.07) is 11.7. The van der Waals surface area contributed by atoms with E-state index in [2.05, 4.69) is 10.3 Å². The van der Waals surface area contributed by atoms with Gasteiger partial charge in [0.25, 0.3) is 0 Å². The van der Waals surface area contributed by atoms with Gasteiger partial charge in [-0.2, -0.15) is 0 Å². The normalized spacial score (nSPS) is 11.0. The van der Waals surface area contributed by atoms with Gasteiger partial charge in [0.2, 0.25) is 5.91 Å². The van der Waals surface area contributed by atoms with Crippen molar-refractivity contribution in [2.75, 3.05) is 18.5 Å². The second-order valence-corrected chi connectivity index (χ2v) is 6.58. The number of halogens is 2. The molecule has 0 saturated carbocycles. The molecule has 0 aliphatic carbocycles.